The summed E-state index contributed by atoms with van der Waals surface area (Å²) in [5, 5.41) is 9.05. The predicted octanol–water partition coefficient (Wildman–Crippen LogP) is 1.51. The molecule has 18 heavy (non-hydrogen) atoms. The Morgan fingerprint density at radius 3 is 2.72 bits per heavy atom. The molecular weight excluding hydrogens is 254 g/mol. The molecule has 1 aliphatic rings. The second-order valence-corrected chi connectivity index (χ2v) is 5.96. The number of rotatable bonds is 6. The zero-order valence-electron chi connectivity index (χ0n) is 10.7. The molecule has 1 saturated heterocycles. The van der Waals surface area contributed by atoms with Crippen LogP contribution in [0.25, 0.3) is 0 Å². The number of carbonyl (C=O) groups is 3. The highest BCUT2D eigenvalue weighted by atomic mass is 32.2. The number of carbonyl (C=O) groups excluding carboxylic acids is 2. The lowest BCUT2D eigenvalue weighted by molar-refractivity contribution is -0.148. The summed E-state index contributed by atoms with van der Waals surface area (Å²) < 4.78 is 0. The number of amides is 1. The van der Waals surface area contributed by atoms with Crippen molar-refractivity contribution >= 4 is 28.8 Å². The van der Waals surface area contributed by atoms with Crippen molar-refractivity contribution in [2.24, 2.45) is 0 Å². The summed E-state index contributed by atoms with van der Waals surface area (Å²) >= 11 is 1.13. The molecule has 0 aromatic carbocycles. The van der Waals surface area contributed by atoms with Gasteiger partial charge in [0.15, 0.2) is 5.12 Å². The number of carboxylic acid groups (broad SMARTS) is 1. The van der Waals surface area contributed by atoms with Gasteiger partial charge in [0.2, 0.25) is 5.91 Å². The number of hydrogen-bond acceptors (Lipinski definition) is 4. The molecule has 5 nitrogen and oxygen atoms in total. The van der Waals surface area contributed by atoms with E-state index in [0.717, 1.165) is 24.6 Å². The largest absolute Gasteiger partial charge is 0.480 e. The fourth-order valence-electron chi connectivity index (χ4n) is 2.12. The Balaban J connectivity index is 2.65. The minimum absolute atomic E-state index is 0.0323. The van der Waals surface area contributed by atoms with Gasteiger partial charge in [-0.2, -0.15) is 0 Å². The van der Waals surface area contributed by atoms with Crippen molar-refractivity contribution in [3.8, 4) is 0 Å². The van der Waals surface area contributed by atoms with Gasteiger partial charge in [-0.1, -0.05) is 31.5 Å². The van der Waals surface area contributed by atoms with E-state index in [1.54, 1.807) is 0 Å². The van der Waals surface area contributed by atoms with E-state index in [4.69, 9.17) is 0 Å². The van der Waals surface area contributed by atoms with Crippen LogP contribution < -0.4 is 0 Å². The maximum absolute atomic E-state index is 11.8. The zero-order chi connectivity index (χ0) is 13.7. The molecule has 1 fully saturated rings. The van der Waals surface area contributed by atoms with Gasteiger partial charge >= 0.3 is 5.97 Å². The maximum atomic E-state index is 11.8. The molecule has 0 bridgehead atoms. The first-order valence-corrected chi connectivity index (χ1v) is 7.03. The molecule has 102 valence electrons. The predicted molar refractivity (Wildman–Crippen MR) is 69.3 cm³/mol. The number of thioether (sulfide) groups is 1. The molecule has 2 atom stereocenters. The first-order valence-electron chi connectivity index (χ1n) is 6.15. The third kappa shape index (κ3) is 4.01. The van der Waals surface area contributed by atoms with Gasteiger partial charge in [-0.3, -0.25) is 9.59 Å². The Morgan fingerprint density at radius 2 is 2.22 bits per heavy atom. The number of aliphatic carboxylic acids is 1. The summed E-state index contributed by atoms with van der Waals surface area (Å²) in [4.78, 5) is 35.4. The highest BCUT2D eigenvalue weighted by molar-refractivity contribution is 8.14. The monoisotopic (exact) mass is 273 g/mol. The van der Waals surface area contributed by atoms with Crippen molar-refractivity contribution < 1.29 is 19.5 Å². The van der Waals surface area contributed by atoms with Crippen molar-refractivity contribution in [2.75, 3.05) is 6.54 Å². The van der Waals surface area contributed by atoms with E-state index in [0.29, 0.717) is 13.0 Å². The Bertz CT molecular complexity index is 345. The molecule has 2 unspecified atom stereocenters. The first kappa shape index (κ1) is 15.0. The van der Waals surface area contributed by atoms with E-state index in [2.05, 4.69) is 0 Å². The molecule has 6 heteroatoms. The molecule has 0 aromatic rings. The molecule has 0 aliphatic carbocycles. The van der Waals surface area contributed by atoms with E-state index in [9.17, 15) is 19.5 Å². The molecule has 0 radical (unpaired) electrons. The van der Waals surface area contributed by atoms with Crippen LogP contribution in [0.15, 0.2) is 0 Å². The summed E-state index contributed by atoms with van der Waals surface area (Å²) in [5.41, 5.74) is 0. The Morgan fingerprint density at radius 1 is 1.56 bits per heavy atom. The smallest absolute Gasteiger partial charge is 0.326 e. The lowest BCUT2D eigenvalue weighted by Gasteiger charge is -2.24. The van der Waals surface area contributed by atoms with E-state index >= 15 is 0 Å². The SMILES string of the molecule is CCCCC(C(=O)O)N1CC(SC(C)=O)CC1=O. The standard InChI is InChI=1S/C12H19NO4S/c1-3-4-5-10(12(16)17)13-7-9(6-11(13)15)18-8(2)14/h9-10H,3-7H2,1-2H3,(H,16,17). The van der Waals surface area contributed by atoms with Crippen LogP contribution in [0.5, 0.6) is 0 Å². The molecule has 1 aliphatic heterocycles. The second kappa shape index (κ2) is 6.78. The van der Waals surface area contributed by atoms with Crippen molar-refractivity contribution in [1.29, 1.82) is 0 Å². The number of nitrogens with zero attached hydrogens (tertiary/aromatic N) is 1. The molecule has 0 saturated carbocycles. The van der Waals surface area contributed by atoms with Gasteiger partial charge in [-0.15, -0.1) is 0 Å². The van der Waals surface area contributed by atoms with Crippen LogP contribution in [0.4, 0.5) is 0 Å². The van der Waals surface area contributed by atoms with E-state index < -0.39 is 12.0 Å². The summed E-state index contributed by atoms with van der Waals surface area (Å²) in [6.07, 6.45) is 2.43. The minimum Gasteiger partial charge on any atom is -0.480 e. The van der Waals surface area contributed by atoms with Gasteiger partial charge in [0.05, 0.1) is 0 Å². The van der Waals surface area contributed by atoms with Crippen LogP contribution in [-0.4, -0.2) is 44.8 Å². The third-order valence-corrected chi connectivity index (χ3v) is 3.93. The van der Waals surface area contributed by atoms with Crippen molar-refractivity contribution in [3.05, 3.63) is 0 Å². The zero-order valence-corrected chi connectivity index (χ0v) is 11.5. The average molecular weight is 273 g/mol. The second-order valence-electron chi connectivity index (χ2n) is 4.48. The number of hydrogen-bond donors (Lipinski definition) is 1. The van der Waals surface area contributed by atoms with Crippen LogP contribution in [-0.2, 0) is 14.4 Å². The van der Waals surface area contributed by atoms with E-state index in [1.165, 1.54) is 11.8 Å². The number of carboxylic acids is 1. The van der Waals surface area contributed by atoms with Crippen molar-refractivity contribution in [2.45, 2.75) is 50.8 Å². The molecule has 0 spiro atoms. The topological polar surface area (TPSA) is 74.7 Å². The maximum Gasteiger partial charge on any atom is 0.326 e. The van der Waals surface area contributed by atoms with Crippen LogP contribution >= 0.6 is 11.8 Å². The Labute approximate surface area is 111 Å². The minimum atomic E-state index is -0.953. The van der Waals surface area contributed by atoms with Gasteiger partial charge in [0, 0.05) is 25.1 Å². The van der Waals surface area contributed by atoms with Gasteiger partial charge in [0.1, 0.15) is 6.04 Å². The van der Waals surface area contributed by atoms with E-state index in [1.807, 2.05) is 6.92 Å². The molecule has 1 N–H and O–H groups in total. The van der Waals surface area contributed by atoms with Crippen LogP contribution in [0.3, 0.4) is 0 Å². The summed E-state index contributed by atoms with van der Waals surface area (Å²) in [6.45, 7) is 3.81. The van der Waals surface area contributed by atoms with Crippen molar-refractivity contribution in [3.63, 3.8) is 0 Å². The lowest BCUT2D eigenvalue weighted by Crippen LogP contribution is -2.42. The van der Waals surface area contributed by atoms with Gasteiger partial charge in [-0.05, 0) is 6.42 Å². The molecule has 1 heterocycles. The van der Waals surface area contributed by atoms with Crippen LogP contribution in [0.2, 0.25) is 0 Å². The molecule has 1 amide bonds. The normalized spacial score (nSPS) is 21.1. The highest BCUT2D eigenvalue weighted by Crippen LogP contribution is 2.27. The van der Waals surface area contributed by atoms with Gasteiger partial charge < -0.3 is 10.0 Å². The molecular formula is C12H19NO4S. The van der Waals surface area contributed by atoms with Crippen LogP contribution in [0.1, 0.15) is 39.5 Å². The number of unbranched alkanes of at least 4 members (excludes halogenated alkanes) is 1. The number of likely N-dealkylation sites (tertiary alicyclic amines) is 1. The average Bonchev–Trinajstić information content (AvgIpc) is 2.59. The first-order chi connectivity index (χ1) is 8.45. The summed E-state index contributed by atoms with van der Waals surface area (Å²) in [6, 6.07) is -0.741. The van der Waals surface area contributed by atoms with Gasteiger partial charge in [-0.25, -0.2) is 4.79 Å². The quantitative estimate of drug-likeness (QED) is 0.794. The Kier molecular flexibility index (Phi) is 5.65. The fraction of sp³-hybridized carbons (Fsp3) is 0.750. The molecule has 0 aromatic heterocycles. The Hall–Kier alpha value is -1.04. The van der Waals surface area contributed by atoms with Gasteiger partial charge in [0.25, 0.3) is 0 Å². The fourth-order valence-corrected chi connectivity index (χ4v) is 3.05. The van der Waals surface area contributed by atoms with E-state index in [-0.39, 0.29) is 22.7 Å². The summed E-state index contributed by atoms with van der Waals surface area (Å²) in [5.74, 6) is -1.11. The highest BCUT2D eigenvalue weighted by Gasteiger charge is 2.37. The molecule has 1 rings (SSSR count). The lowest BCUT2D eigenvalue weighted by atomic mass is 10.1. The van der Waals surface area contributed by atoms with Crippen molar-refractivity contribution in [1.82, 2.24) is 4.90 Å². The third-order valence-electron chi connectivity index (χ3n) is 2.95. The van der Waals surface area contributed by atoms with Crippen LogP contribution in [0, 0.1) is 0 Å². The summed E-state index contributed by atoms with van der Waals surface area (Å²) in [7, 11) is 0.